The Bertz CT molecular complexity index is 788. The first-order valence-corrected chi connectivity index (χ1v) is 6.56. The highest BCUT2D eigenvalue weighted by Crippen LogP contribution is 2.25. The number of aryl methyl sites for hydroxylation is 2. The van der Waals surface area contributed by atoms with Crippen molar-refractivity contribution in [3.8, 4) is 11.5 Å². The molecular formula is C13H11N3O2S. The number of aromatic carboxylic acids is 1. The van der Waals surface area contributed by atoms with E-state index in [-0.39, 0.29) is 5.56 Å². The first-order chi connectivity index (χ1) is 9.06. The number of benzene rings is 1. The molecule has 2 heterocycles. The predicted octanol–water partition coefficient (Wildman–Crippen LogP) is 2.70. The summed E-state index contributed by atoms with van der Waals surface area (Å²) in [6, 6.07) is 4.94. The third-order valence-electron chi connectivity index (χ3n) is 2.98. The molecule has 0 aliphatic carbocycles. The lowest BCUT2D eigenvalue weighted by Gasteiger charge is -1.98. The molecule has 0 spiro atoms. The predicted molar refractivity (Wildman–Crippen MR) is 73.5 cm³/mol. The fourth-order valence-electron chi connectivity index (χ4n) is 2.03. The average Bonchev–Trinajstić information content (AvgIpc) is 2.93. The largest absolute Gasteiger partial charge is 0.478 e. The Morgan fingerprint density at radius 3 is 2.79 bits per heavy atom. The van der Waals surface area contributed by atoms with E-state index in [2.05, 4.69) is 9.97 Å². The highest BCUT2D eigenvalue weighted by atomic mass is 32.1. The van der Waals surface area contributed by atoms with Crippen molar-refractivity contribution in [3.63, 3.8) is 0 Å². The number of imidazole rings is 1. The van der Waals surface area contributed by atoms with Crippen molar-refractivity contribution in [2.75, 3.05) is 0 Å². The zero-order chi connectivity index (χ0) is 13.6. The van der Waals surface area contributed by atoms with Crippen LogP contribution in [0.3, 0.4) is 0 Å². The van der Waals surface area contributed by atoms with E-state index in [4.69, 9.17) is 5.11 Å². The standard InChI is InChI=1S/C13H11N3O2S/c1-7-14-10(6-19-7)12-15-9-5-8(13(17)18)3-4-11(9)16(12)2/h3-6H,1-2H3,(H,17,18). The summed E-state index contributed by atoms with van der Waals surface area (Å²) in [4.78, 5) is 19.9. The van der Waals surface area contributed by atoms with E-state index in [1.54, 1.807) is 29.5 Å². The van der Waals surface area contributed by atoms with Crippen molar-refractivity contribution in [2.24, 2.45) is 7.05 Å². The normalized spacial score (nSPS) is 11.1. The molecule has 0 unspecified atom stereocenters. The zero-order valence-electron chi connectivity index (χ0n) is 10.4. The highest BCUT2D eigenvalue weighted by Gasteiger charge is 2.13. The molecule has 0 bridgehead atoms. The summed E-state index contributed by atoms with van der Waals surface area (Å²) in [5, 5.41) is 11.9. The smallest absolute Gasteiger partial charge is 0.335 e. The van der Waals surface area contributed by atoms with Gasteiger partial charge in [0.15, 0.2) is 5.82 Å². The Kier molecular flexibility index (Phi) is 2.60. The number of thiazole rings is 1. The quantitative estimate of drug-likeness (QED) is 0.779. The molecule has 0 fully saturated rings. The Morgan fingerprint density at radius 1 is 1.37 bits per heavy atom. The van der Waals surface area contributed by atoms with E-state index in [1.807, 2.05) is 23.9 Å². The summed E-state index contributed by atoms with van der Waals surface area (Å²) in [7, 11) is 1.90. The summed E-state index contributed by atoms with van der Waals surface area (Å²) in [6.07, 6.45) is 0. The molecule has 0 aliphatic heterocycles. The van der Waals surface area contributed by atoms with Gasteiger partial charge in [0.25, 0.3) is 0 Å². The number of hydrogen-bond acceptors (Lipinski definition) is 4. The molecule has 5 nitrogen and oxygen atoms in total. The van der Waals surface area contributed by atoms with Gasteiger partial charge in [0.05, 0.1) is 21.6 Å². The van der Waals surface area contributed by atoms with Crippen LogP contribution in [-0.2, 0) is 7.05 Å². The Morgan fingerprint density at radius 2 is 2.16 bits per heavy atom. The van der Waals surface area contributed by atoms with Gasteiger partial charge >= 0.3 is 5.97 Å². The van der Waals surface area contributed by atoms with Gasteiger partial charge in [0.2, 0.25) is 0 Å². The van der Waals surface area contributed by atoms with Gasteiger partial charge in [0, 0.05) is 12.4 Å². The van der Waals surface area contributed by atoms with Crippen LogP contribution < -0.4 is 0 Å². The van der Waals surface area contributed by atoms with Crippen LogP contribution in [0.4, 0.5) is 0 Å². The Labute approximate surface area is 113 Å². The number of carboxylic acids is 1. The van der Waals surface area contributed by atoms with Gasteiger partial charge < -0.3 is 9.67 Å². The molecule has 1 aromatic carbocycles. The van der Waals surface area contributed by atoms with E-state index in [0.29, 0.717) is 5.52 Å². The summed E-state index contributed by atoms with van der Waals surface area (Å²) in [6.45, 7) is 1.94. The van der Waals surface area contributed by atoms with E-state index in [0.717, 1.165) is 22.0 Å². The number of hydrogen-bond donors (Lipinski definition) is 1. The molecule has 0 aliphatic rings. The molecular weight excluding hydrogens is 262 g/mol. The minimum absolute atomic E-state index is 0.242. The molecule has 96 valence electrons. The zero-order valence-corrected chi connectivity index (χ0v) is 11.2. The van der Waals surface area contributed by atoms with Gasteiger partial charge in [-0.05, 0) is 25.1 Å². The van der Waals surface area contributed by atoms with Crippen LogP contribution in [0.25, 0.3) is 22.6 Å². The number of rotatable bonds is 2. The minimum atomic E-state index is -0.946. The molecule has 0 amide bonds. The third-order valence-corrected chi connectivity index (χ3v) is 3.75. The molecule has 3 aromatic rings. The van der Waals surface area contributed by atoms with Crippen LogP contribution in [-0.4, -0.2) is 25.6 Å². The van der Waals surface area contributed by atoms with Crippen LogP contribution in [0.2, 0.25) is 0 Å². The van der Waals surface area contributed by atoms with Crippen LogP contribution in [0.1, 0.15) is 15.4 Å². The van der Waals surface area contributed by atoms with Crippen molar-refractivity contribution in [1.29, 1.82) is 0 Å². The summed E-state index contributed by atoms with van der Waals surface area (Å²) in [5.74, 6) is -0.194. The molecule has 2 aromatic heterocycles. The second-order valence-electron chi connectivity index (χ2n) is 4.25. The average molecular weight is 273 g/mol. The maximum Gasteiger partial charge on any atom is 0.335 e. The summed E-state index contributed by atoms with van der Waals surface area (Å²) in [5.41, 5.74) is 2.62. The first-order valence-electron chi connectivity index (χ1n) is 5.68. The fourth-order valence-corrected chi connectivity index (χ4v) is 2.62. The van der Waals surface area contributed by atoms with Gasteiger partial charge in [-0.3, -0.25) is 0 Å². The van der Waals surface area contributed by atoms with Crippen molar-refractivity contribution >= 4 is 28.3 Å². The van der Waals surface area contributed by atoms with Crippen LogP contribution in [0, 0.1) is 6.92 Å². The number of carboxylic acid groups (broad SMARTS) is 1. The topological polar surface area (TPSA) is 68.0 Å². The van der Waals surface area contributed by atoms with E-state index < -0.39 is 5.97 Å². The minimum Gasteiger partial charge on any atom is -0.478 e. The van der Waals surface area contributed by atoms with Crippen LogP contribution in [0.5, 0.6) is 0 Å². The molecule has 0 radical (unpaired) electrons. The van der Waals surface area contributed by atoms with E-state index in [1.165, 1.54) is 0 Å². The lowest BCUT2D eigenvalue weighted by Crippen LogP contribution is -1.95. The first kappa shape index (κ1) is 11.9. The lowest BCUT2D eigenvalue weighted by atomic mass is 10.2. The maximum absolute atomic E-state index is 11.0. The van der Waals surface area contributed by atoms with E-state index >= 15 is 0 Å². The van der Waals surface area contributed by atoms with E-state index in [9.17, 15) is 4.79 Å². The molecule has 1 N–H and O–H groups in total. The van der Waals surface area contributed by atoms with Crippen molar-refractivity contribution in [2.45, 2.75) is 6.92 Å². The Hall–Kier alpha value is -2.21. The SMILES string of the molecule is Cc1nc(-c2nc3cc(C(=O)O)ccc3n2C)cs1. The summed E-state index contributed by atoms with van der Waals surface area (Å²) < 4.78 is 1.93. The van der Waals surface area contributed by atoms with Crippen LogP contribution in [0.15, 0.2) is 23.6 Å². The molecule has 0 saturated heterocycles. The van der Waals surface area contributed by atoms with Crippen LogP contribution >= 0.6 is 11.3 Å². The lowest BCUT2D eigenvalue weighted by molar-refractivity contribution is 0.0697. The molecule has 0 atom stereocenters. The molecule has 0 saturated carbocycles. The number of aromatic nitrogens is 3. The molecule has 19 heavy (non-hydrogen) atoms. The second kappa shape index (κ2) is 4.17. The van der Waals surface area contributed by atoms with Crippen molar-refractivity contribution < 1.29 is 9.90 Å². The Balaban J connectivity index is 2.22. The number of fused-ring (bicyclic) bond motifs is 1. The monoisotopic (exact) mass is 273 g/mol. The fraction of sp³-hybridized carbons (Fsp3) is 0.154. The van der Waals surface area contributed by atoms with Crippen molar-refractivity contribution in [1.82, 2.24) is 14.5 Å². The molecule has 3 rings (SSSR count). The van der Waals surface area contributed by atoms with Gasteiger partial charge in [-0.2, -0.15) is 0 Å². The number of nitrogens with zero attached hydrogens (tertiary/aromatic N) is 3. The second-order valence-corrected chi connectivity index (χ2v) is 5.32. The maximum atomic E-state index is 11.0. The van der Waals surface area contributed by atoms with Gasteiger partial charge in [-0.1, -0.05) is 0 Å². The molecule has 6 heteroatoms. The highest BCUT2D eigenvalue weighted by molar-refractivity contribution is 7.09. The van der Waals surface area contributed by atoms with Crippen molar-refractivity contribution in [3.05, 3.63) is 34.2 Å². The van der Waals surface area contributed by atoms with Gasteiger partial charge in [-0.15, -0.1) is 11.3 Å². The summed E-state index contributed by atoms with van der Waals surface area (Å²) >= 11 is 1.57. The van der Waals surface area contributed by atoms with Gasteiger partial charge in [-0.25, -0.2) is 14.8 Å². The van der Waals surface area contributed by atoms with Gasteiger partial charge in [0.1, 0.15) is 5.69 Å². The third kappa shape index (κ3) is 1.90. The number of carbonyl (C=O) groups is 1.